The normalized spacial score (nSPS) is 10.8. The zero-order valence-corrected chi connectivity index (χ0v) is 21.3. The number of aromatic nitrogens is 1. The predicted molar refractivity (Wildman–Crippen MR) is 161 cm³/mol. The molecule has 1 N–H and O–H groups in total. The van der Waals surface area contributed by atoms with E-state index in [0.717, 1.165) is 18.7 Å². The molecule has 6 rings (SSSR count). The molecule has 2 heteroatoms. The molecule has 0 saturated carbocycles. The number of hydrogen-bond donors (Lipinski definition) is 1. The van der Waals surface area contributed by atoms with Gasteiger partial charge in [-0.15, -0.1) is 0 Å². The third kappa shape index (κ3) is 5.02. The van der Waals surface area contributed by atoms with Crippen LogP contribution in [0.25, 0.3) is 39.3 Å². The van der Waals surface area contributed by atoms with Gasteiger partial charge in [0.2, 0.25) is 0 Å². The maximum Gasteiger partial charge on any atom is 0.0540 e. The second-order valence-electron chi connectivity index (χ2n) is 9.43. The number of rotatable bonds is 8. The Hall–Kier alpha value is -4.82. The van der Waals surface area contributed by atoms with E-state index in [-0.39, 0.29) is 0 Å². The highest BCUT2D eigenvalue weighted by Gasteiger charge is 2.16. The van der Waals surface area contributed by atoms with Gasteiger partial charge in [0.15, 0.2) is 0 Å². The smallest absolute Gasteiger partial charge is 0.0540 e. The van der Waals surface area contributed by atoms with Gasteiger partial charge in [-0.3, -0.25) is 0 Å². The highest BCUT2D eigenvalue weighted by Crippen LogP contribution is 2.36. The molecule has 1 heterocycles. The molecular formula is C36H30N2. The van der Waals surface area contributed by atoms with E-state index >= 15 is 0 Å². The minimum Gasteiger partial charge on any atom is -0.385 e. The molecule has 0 radical (unpaired) electrons. The largest absolute Gasteiger partial charge is 0.385 e. The quantitative estimate of drug-likeness (QED) is 0.225. The molecule has 6 aromatic rings. The van der Waals surface area contributed by atoms with Gasteiger partial charge < -0.3 is 9.88 Å². The first-order chi connectivity index (χ1) is 18.9. The zero-order valence-electron chi connectivity index (χ0n) is 21.3. The van der Waals surface area contributed by atoms with E-state index in [0.29, 0.717) is 0 Å². The van der Waals surface area contributed by atoms with Crippen molar-refractivity contribution in [1.82, 2.24) is 4.57 Å². The van der Waals surface area contributed by atoms with Gasteiger partial charge in [0.05, 0.1) is 17.1 Å². The van der Waals surface area contributed by atoms with Crippen LogP contribution in [0.5, 0.6) is 0 Å². The molecule has 0 fully saturated rings. The summed E-state index contributed by atoms with van der Waals surface area (Å²) in [4.78, 5) is 0. The van der Waals surface area contributed by atoms with Crippen LogP contribution in [0.2, 0.25) is 0 Å². The molecule has 1 aromatic heterocycles. The molecule has 184 valence electrons. The van der Waals surface area contributed by atoms with Crippen molar-refractivity contribution in [3.05, 3.63) is 157 Å². The average molecular weight is 491 g/mol. The average Bonchev–Trinajstić information content (AvgIpc) is 3.44. The van der Waals surface area contributed by atoms with Crippen molar-refractivity contribution in [3.8, 4) is 39.3 Å². The van der Waals surface area contributed by atoms with Crippen LogP contribution < -0.4 is 5.32 Å². The van der Waals surface area contributed by atoms with Crippen molar-refractivity contribution in [3.63, 3.8) is 0 Å². The van der Waals surface area contributed by atoms with Crippen LogP contribution in [0.15, 0.2) is 152 Å². The van der Waals surface area contributed by atoms with E-state index in [2.05, 4.69) is 162 Å². The van der Waals surface area contributed by atoms with Gasteiger partial charge in [0.1, 0.15) is 0 Å². The van der Waals surface area contributed by atoms with E-state index in [4.69, 9.17) is 0 Å². The van der Waals surface area contributed by atoms with E-state index in [1.54, 1.807) is 0 Å². The van der Waals surface area contributed by atoms with Crippen molar-refractivity contribution in [2.24, 2.45) is 0 Å². The van der Waals surface area contributed by atoms with Crippen LogP contribution in [-0.2, 0) is 6.42 Å². The van der Waals surface area contributed by atoms with E-state index < -0.39 is 0 Å². The highest BCUT2D eigenvalue weighted by molar-refractivity contribution is 5.80. The summed E-state index contributed by atoms with van der Waals surface area (Å²) in [6, 6.07) is 53.8. The fourth-order valence-electron chi connectivity index (χ4n) is 5.04. The lowest BCUT2D eigenvalue weighted by Crippen LogP contribution is -2.04. The fourth-order valence-corrected chi connectivity index (χ4v) is 5.04. The Bertz CT molecular complexity index is 1540. The first kappa shape index (κ1) is 23.6. The number of para-hydroxylation sites is 1. The molecule has 0 saturated heterocycles. The van der Waals surface area contributed by atoms with Crippen LogP contribution >= 0.6 is 0 Å². The number of benzene rings is 5. The highest BCUT2D eigenvalue weighted by atomic mass is 15.0. The molecule has 0 aliphatic carbocycles. The molecule has 0 atom stereocenters. The third-order valence-corrected chi connectivity index (χ3v) is 6.95. The molecule has 0 aliphatic rings. The Balaban J connectivity index is 1.35. The molecule has 0 amide bonds. The molecule has 38 heavy (non-hydrogen) atoms. The molecule has 0 bridgehead atoms. The van der Waals surface area contributed by atoms with E-state index in [1.165, 1.54) is 44.9 Å². The first-order valence-corrected chi connectivity index (χ1v) is 13.2. The molecule has 0 aliphatic heterocycles. The molecular weight excluding hydrogens is 460 g/mol. The minimum absolute atomic E-state index is 0.907. The van der Waals surface area contributed by atoms with Crippen LogP contribution in [0, 0.1) is 0 Å². The van der Waals surface area contributed by atoms with Crippen molar-refractivity contribution < 1.29 is 0 Å². The first-order valence-electron chi connectivity index (χ1n) is 13.2. The summed E-state index contributed by atoms with van der Waals surface area (Å²) in [7, 11) is 0. The van der Waals surface area contributed by atoms with Crippen LogP contribution in [0.4, 0.5) is 5.69 Å². The molecule has 0 unspecified atom stereocenters. The van der Waals surface area contributed by atoms with Gasteiger partial charge in [-0.2, -0.15) is 0 Å². The monoisotopic (exact) mass is 490 g/mol. The van der Waals surface area contributed by atoms with Gasteiger partial charge in [-0.1, -0.05) is 121 Å². The maximum absolute atomic E-state index is 3.57. The summed E-state index contributed by atoms with van der Waals surface area (Å²) in [5.41, 5.74) is 10.8. The second kappa shape index (κ2) is 11.1. The summed E-state index contributed by atoms with van der Waals surface area (Å²) in [6.07, 6.45) is 1.00. The molecule has 2 nitrogen and oxygen atoms in total. The zero-order chi connectivity index (χ0) is 25.6. The molecule has 5 aromatic carbocycles. The summed E-state index contributed by atoms with van der Waals surface area (Å²) >= 11 is 0. The Kier molecular flexibility index (Phi) is 6.86. The van der Waals surface area contributed by atoms with Gasteiger partial charge >= 0.3 is 0 Å². The Morgan fingerprint density at radius 3 is 1.58 bits per heavy atom. The van der Waals surface area contributed by atoms with E-state index in [9.17, 15) is 0 Å². The van der Waals surface area contributed by atoms with Gasteiger partial charge in [-0.05, 0) is 59.0 Å². The van der Waals surface area contributed by atoms with Crippen LogP contribution in [0.1, 0.15) is 5.56 Å². The standard InChI is InChI=1S/C36H30N2/c1-4-12-28(13-5-1)26-27-37-32-22-20-29(21-23-32)33-18-10-11-19-36(33)38-34(30-14-6-2-7-15-30)24-25-35(38)31-16-8-3-9-17-31/h1-25,37H,26-27H2. The van der Waals surface area contributed by atoms with E-state index in [1.807, 2.05) is 0 Å². The van der Waals surface area contributed by atoms with Gasteiger partial charge in [-0.25, -0.2) is 0 Å². The number of nitrogens with one attached hydrogen (secondary N) is 1. The third-order valence-electron chi connectivity index (χ3n) is 6.95. The Morgan fingerprint density at radius 1 is 0.447 bits per heavy atom. The lowest BCUT2D eigenvalue weighted by Gasteiger charge is -2.18. The number of nitrogens with zero attached hydrogens (tertiary/aromatic N) is 1. The minimum atomic E-state index is 0.907. The van der Waals surface area contributed by atoms with Crippen molar-refractivity contribution in [1.29, 1.82) is 0 Å². The Labute approximate surface area is 224 Å². The summed E-state index contributed by atoms with van der Waals surface area (Å²) < 4.78 is 2.39. The lowest BCUT2D eigenvalue weighted by atomic mass is 10.0. The molecule has 0 spiro atoms. The Morgan fingerprint density at radius 2 is 0.974 bits per heavy atom. The SMILES string of the molecule is c1ccc(CCNc2ccc(-c3ccccc3-n3c(-c4ccccc4)ccc3-c3ccccc3)cc2)cc1. The summed E-state index contributed by atoms with van der Waals surface area (Å²) in [5.74, 6) is 0. The number of anilines is 1. The second-order valence-corrected chi connectivity index (χ2v) is 9.43. The van der Waals surface area contributed by atoms with Gasteiger partial charge in [0.25, 0.3) is 0 Å². The lowest BCUT2D eigenvalue weighted by molar-refractivity contribution is 1.02. The van der Waals surface area contributed by atoms with Crippen molar-refractivity contribution in [2.75, 3.05) is 11.9 Å². The van der Waals surface area contributed by atoms with Crippen LogP contribution in [0.3, 0.4) is 0 Å². The number of hydrogen-bond acceptors (Lipinski definition) is 1. The topological polar surface area (TPSA) is 17.0 Å². The van der Waals surface area contributed by atoms with Gasteiger partial charge in [0, 0.05) is 17.8 Å². The maximum atomic E-state index is 3.57. The summed E-state index contributed by atoms with van der Waals surface area (Å²) in [5, 5.41) is 3.57. The van der Waals surface area contributed by atoms with Crippen LogP contribution in [-0.4, -0.2) is 11.1 Å². The predicted octanol–water partition coefficient (Wildman–Crippen LogP) is 9.13. The van der Waals surface area contributed by atoms with Crippen molar-refractivity contribution in [2.45, 2.75) is 6.42 Å². The summed E-state index contributed by atoms with van der Waals surface area (Å²) in [6.45, 7) is 0.907. The fraction of sp³-hybridized carbons (Fsp3) is 0.0556. The van der Waals surface area contributed by atoms with Crippen molar-refractivity contribution >= 4 is 5.69 Å².